The molecule has 0 radical (unpaired) electrons. The van der Waals surface area contributed by atoms with Gasteiger partial charge in [0.2, 0.25) is 10.0 Å². The van der Waals surface area contributed by atoms with Gasteiger partial charge in [-0.25, -0.2) is 13.4 Å². The summed E-state index contributed by atoms with van der Waals surface area (Å²) in [6.07, 6.45) is 0. The zero-order chi connectivity index (χ0) is 17.2. The molecule has 11 heteroatoms. The molecule has 0 unspecified atom stereocenters. The van der Waals surface area contributed by atoms with E-state index < -0.39 is 22.5 Å². The summed E-state index contributed by atoms with van der Waals surface area (Å²) in [6.45, 7) is -0.736. The number of carboxylic acids is 1. The molecule has 2 rings (SSSR count). The molecular weight excluding hydrogens is 346 g/mol. The van der Waals surface area contributed by atoms with Gasteiger partial charge < -0.3 is 16.6 Å². The highest BCUT2D eigenvalue weighted by atomic mass is 35.5. The van der Waals surface area contributed by atoms with E-state index >= 15 is 0 Å². The molecule has 1 aromatic heterocycles. The van der Waals surface area contributed by atoms with Gasteiger partial charge in [0.15, 0.2) is 11.8 Å². The van der Waals surface area contributed by atoms with Gasteiger partial charge in [0.05, 0.1) is 4.90 Å². The lowest BCUT2D eigenvalue weighted by Gasteiger charge is -2.08. The first kappa shape index (κ1) is 16.9. The van der Waals surface area contributed by atoms with Gasteiger partial charge in [0.25, 0.3) is 0 Å². The fourth-order valence-electron chi connectivity index (χ4n) is 1.79. The van der Waals surface area contributed by atoms with Crippen LogP contribution in [0.25, 0.3) is 10.8 Å². The van der Waals surface area contributed by atoms with Crippen LogP contribution in [0, 0.1) is 0 Å². The summed E-state index contributed by atoms with van der Waals surface area (Å²) in [4.78, 5) is 18.1. The summed E-state index contributed by atoms with van der Waals surface area (Å²) in [5.74, 6) is -1.51. The summed E-state index contributed by atoms with van der Waals surface area (Å²) in [6, 6.07) is 5.60. The first-order chi connectivity index (χ1) is 10.7. The van der Waals surface area contributed by atoms with Crippen LogP contribution in [0.1, 0.15) is 0 Å². The second-order valence-electron chi connectivity index (χ2n) is 4.41. The Bertz CT molecular complexity index is 909. The zero-order valence-corrected chi connectivity index (χ0v) is 13.1. The van der Waals surface area contributed by atoms with Crippen molar-refractivity contribution in [2.24, 2.45) is 16.5 Å². The molecule has 0 aliphatic rings. The van der Waals surface area contributed by atoms with Crippen LogP contribution in [-0.4, -0.2) is 37.0 Å². The number of hydrogen-bond acceptors (Lipinski definition) is 5. The molecule has 0 saturated carbocycles. The molecule has 0 saturated heterocycles. The van der Waals surface area contributed by atoms with Crippen LogP contribution >= 0.6 is 11.6 Å². The summed E-state index contributed by atoms with van der Waals surface area (Å²) in [5.41, 5.74) is 10.6. The molecule has 122 valence electrons. The lowest BCUT2D eigenvalue weighted by atomic mass is 10.1. The molecule has 9 nitrogen and oxygen atoms in total. The molecule has 0 spiro atoms. The molecule has 6 N–H and O–H groups in total. The van der Waals surface area contributed by atoms with E-state index in [0.717, 1.165) is 0 Å². The van der Waals surface area contributed by atoms with Gasteiger partial charge >= 0.3 is 5.97 Å². The van der Waals surface area contributed by atoms with E-state index in [2.05, 4.69) is 9.98 Å². The third-order valence-corrected chi connectivity index (χ3v) is 4.30. The van der Waals surface area contributed by atoms with Crippen LogP contribution in [-0.2, 0) is 14.8 Å². The van der Waals surface area contributed by atoms with Crippen molar-refractivity contribution >= 4 is 50.1 Å². The average molecular weight is 358 g/mol. The molecule has 0 fully saturated rings. The highest BCUT2D eigenvalue weighted by Gasteiger charge is 2.17. The molecule has 1 aromatic carbocycles. The smallest absolute Gasteiger partial charge is 0.318 e. The van der Waals surface area contributed by atoms with Crippen molar-refractivity contribution in [1.82, 2.24) is 9.71 Å². The van der Waals surface area contributed by atoms with Crippen molar-refractivity contribution in [3.05, 3.63) is 29.4 Å². The van der Waals surface area contributed by atoms with Crippen LogP contribution < -0.4 is 16.2 Å². The normalized spacial score (nSPS) is 11.3. The van der Waals surface area contributed by atoms with Crippen LogP contribution in [0.2, 0.25) is 5.15 Å². The van der Waals surface area contributed by atoms with E-state index in [0.29, 0.717) is 10.8 Å². The van der Waals surface area contributed by atoms with Gasteiger partial charge in [-0.3, -0.25) is 4.79 Å². The predicted octanol–water partition coefficient (Wildman–Crippen LogP) is 0.156. The van der Waals surface area contributed by atoms with E-state index in [4.69, 9.17) is 28.2 Å². The quantitative estimate of drug-likeness (QED) is 0.336. The SMILES string of the molecule is NC(N)=Nc1nc(Cl)cc2ccc(S(=O)(=O)NCC(=O)O)cc12. The van der Waals surface area contributed by atoms with E-state index in [1.54, 1.807) is 0 Å². The molecule has 0 bridgehead atoms. The molecule has 0 aliphatic heterocycles. The number of hydrogen-bond donors (Lipinski definition) is 4. The highest BCUT2D eigenvalue weighted by molar-refractivity contribution is 7.89. The molecule has 23 heavy (non-hydrogen) atoms. The van der Waals surface area contributed by atoms with Gasteiger partial charge in [-0.05, 0) is 23.6 Å². The number of fused-ring (bicyclic) bond motifs is 1. The topological polar surface area (TPSA) is 161 Å². The fraction of sp³-hybridized carbons (Fsp3) is 0.0833. The minimum Gasteiger partial charge on any atom is -0.480 e. The van der Waals surface area contributed by atoms with E-state index in [9.17, 15) is 13.2 Å². The Morgan fingerprint density at radius 3 is 2.65 bits per heavy atom. The number of pyridine rings is 1. The number of benzene rings is 1. The minimum atomic E-state index is -4.00. The Morgan fingerprint density at radius 1 is 1.35 bits per heavy atom. The summed E-state index contributed by atoms with van der Waals surface area (Å²) >= 11 is 5.86. The van der Waals surface area contributed by atoms with Crippen molar-refractivity contribution in [3.63, 3.8) is 0 Å². The maximum atomic E-state index is 12.1. The Morgan fingerprint density at radius 2 is 2.04 bits per heavy atom. The number of sulfonamides is 1. The summed E-state index contributed by atoms with van der Waals surface area (Å²) < 4.78 is 26.1. The molecule has 1 heterocycles. The van der Waals surface area contributed by atoms with Gasteiger partial charge in [0.1, 0.15) is 11.7 Å². The Kier molecular flexibility index (Phi) is 4.68. The third kappa shape index (κ3) is 4.06. The van der Waals surface area contributed by atoms with Crippen molar-refractivity contribution in [3.8, 4) is 0 Å². The number of guanidine groups is 1. The molecule has 0 amide bonds. The Hall–Kier alpha value is -2.43. The van der Waals surface area contributed by atoms with E-state index in [-0.39, 0.29) is 21.8 Å². The van der Waals surface area contributed by atoms with Gasteiger partial charge in [-0.15, -0.1) is 0 Å². The van der Waals surface area contributed by atoms with Crippen LogP contribution in [0.3, 0.4) is 0 Å². The number of aromatic nitrogens is 1. The first-order valence-corrected chi connectivity index (χ1v) is 7.96. The largest absolute Gasteiger partial charge is 0.480 e. The van der Waals surface area contributed by atoms with E-state index in [1.165, 1.54) is 24.3 Å². The maximum Gasteiger partial charge on any atom is 0.318 e. The minimum absolute atomic E-state index is 0.0581. The number of carboxylic acid groups (broad SMARTS) is 1. The standard InChI is InChI=1S/C12H12ClN5O4S/c13-9-3-6-1-2-7(23(21,22)16-5-10(19)20)4-8(6)11(17-9)18-12(14)15/h1-4,16H,5H2,(H,19,20)(H4,14,15,17,18). The van der Waals surface area contributed by atoms with E-state index in [1.807, 2.05) is 4.72 Å². The number of carbonyl (C=O) groups is 1. The van der Waals surface area contributed by atoms with Crippen LogP contribution in [0.4, 0.5) is 5.82 Å². The summed E-state index contributed by atoms with van der Waals surface area (Å²) in [7, 11) is -4.00. The van der Waals surface area contributed by atoms with Crippen LogP contribution in [0.5, 0.6) is 0 Å². The maximum absolute atomic E-state index is 12.1. The highest BCUT2D eigenvalue weighted by Crippen LogP contribution is 2.29. The van der Waals surface area contributed by atoms with Gasteiger partial charge in [0, 0.05) is 5.39 Å². The number of aliphatic carboxylic acids is 1. The van der Waals surface area contributed by atoms with Crippen molar-refractivity contribution in [2.45, 2.75) is 4.90 Å². The van der Waals surface area contributed by atoms with Crippen molar-refractivity contribution < 1.29 is 18.3 Å². The number of nitrogens with zero attached hydrogens (tertiary/aromatic N) is 2. The second-order valence-corrected chi connectivity index (χ2v) is 6.56. The molecule has 0 aliphatic carbocycles. The van der Waals surface area contributed by atoms with Crippen molar-refractivity contribution in [1.29, 1.82) is 0 Å². The number of halogens is 1. The molecular formula is C12H12ClN5O4S. The van der Waals surface area contributed by atoms with Gasteiger partial charge in [-0.2, -0.15) is 9.71 Å². The molecule has 2 aromatic rings. The number of aliphatic imine (C=N–C) groups is 1. The zero-order valence-electron chi connectivity index (χ0n) is 11.5. The monoisotopic (exact) mass is 357 g/mol. The van der Waals surface area contributed by atoms with Crippen LogP contribution in [0.15, 0.2) is 34.2 Å². The number of nitrogens with two attached hydrogens (primary N) is 2. The van der Waals surface area contributed by atoms with Gasteiger partial charge in [-0.1, -0.05) is 17.7 Å². The molecule has 0 atom stereocenters. The first-order valence-electron chi connectivity index (χ1n) is 6.10. The fourth-order valence-corrected chi connectivity index (χ4v) is 2.99. The number of nitrogens with one attached hydrogen (secondary N) is 1. The third-order valence-electron chi connectivity index (χ3n) is 2.71. The Labute approximate surface area is 136 Å². The van der Waals surface area contributed by atoms with Crippen molar-refractivity contribution in [2.75, 3.05) is 6.54 Å². The average Bonchev–Trinajstić information content (AvgIpc) is 2.44. The number of rotatable bonds is 5. The second kappa shape index (κ2) is 6.36. The Balaban J connectivity index is 2.59. The lowest BCUT2D eigenvalue weighted by molar-refractivity contribution is -0.135. The lowest BCUT2D eigenvalue weighted by Crippen LogP contribution is -2.29. The summed E-state index contributed by atoms with van der Waals surface area (Å²) in [5, 5.41) is 9.63. The predicted molar refractivity (Wildman–Crippen MR) is 85.0 cm³/mol.